The van der Waals surface area contributed by atoms with Crippen LogP contribution in [0.2, 0.25) is 0 Å². The third-order valence-corrected chi connectivity index (χ3v) is 4.48. The van der Waals surface area contributed by atoms with Crippen LogP contribution in [0.1, 0.15) is 50.3 Å². The molecule has 0 unspecified atom stereocenters. The zero-order valence-electron chi connectivity index (χ0n) is 11.8. The molecule has 2 saturated heterocycles. The highest BCUT2D eigenvalue weighted by atomic mass is 15.4. The van der Waals surface area contributed by atoms with Gasteiger partial charge in [0.05, 0.1) is 6.17 Å². The molecule has 0 atom stereocenters. The Bertz CT molecular complexity index is 349. The van der Waals surface area contributed by atoms with Gasteiger partial charge in [-0.05, 0) is 69.6 Å². The molecule has 2 aliphatic rings. The molecule has 3 heterocycles. The van der Waals surface area contributed by atoms with E-state index in [1.54, 1.807) is 0 Å². The van der Waals surface area contributed by atoms with Gasteiger partial charge in [0, 0.05) is 12.4 Å². The highest BCUT2D eigenvalue weighted by Gasteiger charge is 2.28. The lowest BCUT2D eigenvalue weighted by Gasteiger charge is -2.43. The van der Waals surface area contributed by atoms with Crippen molar-refractivity contribution >= 4 is 0 Å². The normalized spacial score (nSPS) is 22.8. The minimum Gasteiger partial charge on any atom is -0.284 e. The van der Waals surface area contributed by atoms with E-state index >= 15 is 0 Å². The summed E-state index contributed by atoms with van der Waals surface area (Å²) in [5.41, 5.74) is 1.43. The summed E-state index contributed by atoms with van der Waals surface area (Å²) in [5.74, 6) is 0. The summed E-state index contributed by atoms with van der Waals surface area (Å²) < 4.78 is 0. The monoisotopic (exact) mass is 259 g/mol. The van der Waals surface area contributed by atoms with Crippen molar-refractivity contribution in [3.05, 3.63) is 30.1 Å². The third-order valence-electron chi connectivity index (χ3n) is 4.48. The quantitative estimate of drug-likeness (QED) is 0.831. The maximum atomic E-state index is 4.18. The molecule has 0 bridgehead atoms. The van der Waals surface area contributed by atoms with Crippen LogP contribution in [0, 0.1) is 0 Å². The minimum atomic E-state index is 0.489. The first-order valence-corrected chi connectivity index (χ1v) is 7.83. The molecule has 0 spiro atoms. The predicted molar refractivity (Wildman–Crippen MR) is 77.8 cm³/mol. The van der Waals surface area contributed by atoms with Gasteiger partial charge >= 0.3 is 0 Å². The second-order valence-corrected chi connectivity index (χ2v) is 5.85. The summed E-state index contributed by atoms with van der Waals surface area (Å²) in [4.78, 5) is 9.55. The van der Waals surface area contributed by atoms with Gasteiger partial charge in [-0.2, -0.15) is 0 Å². The van der Waals surface area contributed by atoms with Crippen LogP contribution in [0.15, 0.2) is 24.5 Å². The van der Waals surface area contributed by atoms with E-state index < -0.39 is 0 Å². The average molecular weight is 259 g/mol. The summed E-state index contributed by atoms with van der Waals surface area (Å²) >= 11 is 0. The molecule has 0 aliphatic carbocycles. The molecule has 2 aliphatic heterocycles. The Kier molecular flexibility index (Phi) is 4.46. The summed E-state index contributed by atoms with van der Waals surface area (Å²) in [6.07, 6.45) is 12.6. The van der Waals surface area contributed by atoms with Gasteiger partial charge in [0.1, 0.15) is 0 Å². The maximum Gasteiger partial charge on any atom is 0.0887 e. The second-order valence-electron chi connectivity index (χ2n) is 5.85. The lowest BCUT2D eigenvalue weighted by molar-refractivity contribution is 0.0156. The maximum absolute atomic E-state index is 4.18. The number of likely N-dealkylation sites (tertiary alicyclic amines) is 2. The van der Waals surface area contributed by atoms with Crippen molar-refractivity contribution < 1.29 is 0 Å². The van der Waals surface area contributed by atoms with Gasteiger partial charge in [0.15, 0.2) is 0 Å². The first kappa shape index (κ1) is 13.1. The van der Waals surface area contributed by atoms with Crippen molar-refractivity contribution in [2.24, 2.45) is 0 Å². The molecule has 3 rings (SSSR count). The highest BCUT2D eigenvalue weighted by Crippen LogP contribution is 2.30. The fourth-order valence-corrected chi connectivity index (χ4v) is 3.51. The van der Waals surface area contributed by atoms with E-state index in [2.05, 4.69) is 26.9 Å². The molecule has 1 aromatic rings. The van der Waals surface area contributed by atoms with Crippen LogP contribution in [-0.4, -0.2) is 41.0 Å². The van der Waals surface area contributed by atoms with Crippen LogP contribution < -0.4 is 0 Å². The van der Waals surface area contributed by atoms with E-state index in [0.29, 0.717) is 6.17 Å². The topological polar surface area (TPSA) is 19.4 Å². The number of aromatic nitrogens is 1. The third kappa shape index (κ3) is 3.15. The largest absolute Gasteiger partial charge is 0.284 e. The summed E-state index contributed by atoms with van der Waals surface area (Å²) in [7, 11) is 0. The first-order valence-electron chi connectivity index (χ1n) is 7.83. The van der Waals surface area contributed by atoms with Gasteiger partial charge in [-0.1, -0.05) is 12.8 Å². The highest BCUT2D eigenvalue weighted by molar-refractivity contribution is 5.15. The van der Waals surface area contributed by atoms with Crippen LogP contribution in [0.25, 0.3) is 0 Å². The molecule has 1 aromatic heterocycles. The Morgan fingerprint density at radius 3 is 1.68 bits per heavy atom. The number of piperidine rings is 2. The van der Waals surface area contributed by atoms with Gasteiger partial charge in [0.25, 0.3) is 0 Å². The van der Waals surface area contributed by atoms with E-state index in [9.17, 15) is 0 Å². The smallest absolute Gasteiger partial charge is 0.0887 e. The molecule has 0 amide bonds. The van der Waals surface area contributed by atoms with E-state index in [4.69, 9.17) is 0 Å². The van der Waals surface area contributed by atoms with Gasteiger partial charge in [-0.15, -0.1) is 0 Å². The summed E-state index contributed by atoms with van der Waals surface area (Å²) in [5, 5.41) is 0. The fourth-order valence-electron chi connectivity index (χ4n) is 3.51. The molecule has 2 fully saturated rings. The number of rotatable bonds is 3. The number of hydrogen-bond donors (Lipinski definition) is 0. The molecule has 3 nitrogen and oxygen atoms in total. The molecule has 0 saturated carbocycles. The van der Waals surface area contributed by atoms with Crippen molar-refractivity contribution in [2.75, 3.05) is 26.2 Å². The Morgan fingerprint density at radius 1 is 0.737 bits per heavy atom. The van der Waals surface area contributed by atoms with Crippen LogP contribution in [0.4, 0.5) is 0 Å². The molecular formula is C16H25N3. The van der Waals surface area contributed by atoms with Gasteiger partial charge in [0.2, 0.25) is 0 Å². The molecular weight excluding hydrogens is 234 g/mol. The average Bonchev–Trinajstić information content (AvgIpc) is 2.51. The predicted octanol–water partition coefficient (Wildman–Crippen LogP) is 3.05. The van der Waals surface area contributed by atoms with Crippen LogP contribution in [-0.2, 0) is 0 Å². The molecule has 19 heavy (non-hydrogen) atoms. The zero-order valence-corrected chi connectivity index (χ0v) is 11.8. The lowest BCUT2D eigenvalue weighted by atomic mass is 10.0. The molecule has 3 heteroatoms. The Hall–Kier alpha value is -0.930. The van der Waals surface area contributed by atoms with Gasteiger partial charge in [-0.3, -0.25) is 14.8 Å². The standard InChI is InChI=1S/C16H25N3/c1-3-11-18(12-4-1)16(15-7-9-17-10-8-15)19-13-5-2-6-14-19/h7-10,16H,1-6,11-14H2. The lowest BCUT2D eigenvalue weighted by Crippen LogP contribution is -2.45. The molecule has 0 N–H and O–H groups in total. The zero-order chi connectivity index (χ0) is 12.9. The minimum absolute atomic E-state index is 0.489. The van der Waals surface area contributed by atoms with Crippen molar-refractivity contribution in [3.63, 3.8) is 0 Å². The number of hydrogen-bond acceptors (Lipinski definition) is 3. The Morgan fingerprint density at radius 2 is 1.21 bits per heavy atom. The Balaban J connectivity index is 1.81. The van der Waals surface area contributed by atoms with Crippen molar-refractivity contribution in [3.8, 4) is 0 Å². The van der Waals surface area contributed by atoms with Gasteiger partial charge in [-0.25, -0.2) is 0 Å². The van der Waals surface area contributed by atoms with Crippen LogP contribution in [0.3, 0.4) is 0 Å². The van der Waals surface area contributed by atoms with Crippen LogP contribution >= 0.6 is 0 Å². The van der Waals surface area contributed by atoms with E-state index in [1.807, 2.05) is 12.4 Å². The molecule has 0 radical (unpaired) electrons. The SMILES string of the molecule is c1cc(C(N2CCCCC2)N2CCCCC2)ccn1. The molecule has 104 valence electrons. The van der Waals surface area contributed by atoms with Crippen molar-refractivity contribution in [2.45, 2.75) is 44.7 Å². The first-order chi connectivity index (χ1) is 9.45. The van der Waals surface area contributed by atoms with Gasteiger partial charge < -0.3 is 0 Å². The van der Waals surface area contributed by atoms with E-state index in [1.165, 1.54) is 70.3 Å². The van der Waals surface area contributed by atoms with Crippen molar-refractivity contribution in [1.29, 1.82) is 0 Å². The van der Waals surface area contributed by atoms with Crippen molar-refractivity contribution in [1.82, 2.24) is 14.8 Å². The summed E-state index contributed by atoms with van der Waals surface area (Å²) in [6.45, 7) is 5.01. The van der Waals surface area contributed by atoms with E-state index in [-0.39, 0.29) is 0 Å². The fraction of sp³-hybridized carbons (Fsp3) is 0.688. The molecule has 0 aromatic carbocycles. The number of pyridine rings is 1. The number of nitrogens with zero attached hydrogens (tertiary/aromatic N) is 3. The second kappa shape index (κ2) is 6.49. The summed E-state index contributed by atoms with van der Waals surface area (Å²) in [6, 6.07) is 4.40. The van der Waals surface area contributed by atoms with Crippen LogP contribution in [0.5, 0.6) is 0 Å². The Labute approximate surface area is 116 Å². The van der Waals surface area contributed by atoms with E-state index in [0.717, 1.165) is 0 Å².